The summed E-state index contributed by atoms with van der Waals surface area (Å²) in [4.78, 5) is 0. The summed E-state index contributed by atoms with van der Waals surface area (Å²) in [6.45, 7) is 7.56. The first-order chi connectivity index (χ1) is 14.4. The topological polar surface area (TPSA) is 140 Å². The summed E-state index contributed by atoms with van der Waals surface area (Å²) in [5.41, 5.74) is 6.59. The lowest BCUT2D eigenvalue weighted by Gasteiger charge is -2.30. The summed E-state index contributed by atoms with van der Waals surface area (Å²) in [6, 6.07) is 4.93. The molecule has 1 aromatic carbocycles. The number of hydrogen-bond acceptors (Lipinski definition) is 9. The van der Waals surface area contributed by atoms with Gasteiger partial charge in [0.25, 0.3) is 0 Å². The lowest BCUT2D eigenvalue weighted by atomic mass is 10.0. The Morgan fingerprint density at radius 2 is 1.90 bits per heavy atom. The van der Waals surface area contributed by atoms with Gasteiger partial charge in [-0.25, -0.2) is 0 Å². The molecule has 5 rings (SSSR count). The van der Waals surface area contributed by atoms with Gasteiger partial charge in [-0.2, -0.15) is 8.42 Å². The van der Waals surface area contributed by atoms with E-state index in [0.717, 1.165) is 0 Å². The number of hydrogen-bond donors (Lipinski definition) is 2. The van der Waals surface area contributed by atoms with Gasteiger partial charge < -0.3 is 34.2 Å². The first-order valence-corrected chi connectivity index (χ1v) is 11.4. The summed E-state index contributed by atoms with van der Waals surface area (Å²) in [5, 5.41) is 0. The van der Waals surface area contributed by atoms with Crippen LogP contribution in [0.1, 0.15) is 33.3 Å². The predicted molar refractivity (Wildman–Crippen MR) is 108 cm³/mol. The Balaban J connectivity index is 1.49. The predicted octanol–water partition coefficient (Wildman–Crippen LogP) is 0.838. The standard InChI is InChI=1S/C19H25N3O8S/c1-18(2)25-8-11(28-18)13-14(15-17(27-13)30-19(3,4)29-15)26-10-7-5-6-9-12(10)16(20)22-31(23,24)21-9/h5-7,11,13-15,17,21H,8H2,1-4H3,(H2,20,22)/t11-,13?,14+,15-,17?/m1/s1. The Morgan fingerprint density at radius 3 is 2.61 bits per heavy atom. The quantitative estimate of drug-likeness (QED) is 0.678. The number of nitrogens with one attached hydrogen (secondary N) is 1. The molecular formula is C19H25N3O8S. The summed E-state index contributed by atoms with van der Waals surface area (Å²) < 4.78 is 65.8. The summed E-state index contributed by atoms with van der Waals surface area (Å²) in [6.07, 6.45) is -2.79. The Labute approximate surface area is 180 Å². The van der Waals surface area contributed by atoms with Gasteiger partial charge in [-0.05, 0) is 39.8 Å². The van der Waals surface area contributed by atoms with Crippen molar-refractivity contribution in [1.29, 1.82) is 0 Å². The van der Waals surface area contributed by atoms with Crippen molar-refractivity contribution in [2.45, 2.75) is 70.0 Å². The van der Waals surface area contributed by atoms with E-state index in [9.17, 15) is 8.42 Å². The second kappa shape index (κ2) is 6.77. The van der Waals surface area contributed by atoms with E-state index in [4.69, 9.17) is 34.2 Å². The number of ether oxygens (including phenoxy) is 6. The van der Waals surface area contributed by atoms with Gasteiger partial charge in [0.15, 0.2) is 35.9 Å². The maximum absolute atomic E-state index is 11.9. The minimum absolute atomic E-state index is 0.165. The van der Waals surface area contributed by atoms with E-state index in [-0.39, 0.29) is 11.5 Å². The van der Waals surface area contributed by atoms with Crippen LogP contribution in [0.3, 0.4) is 0 Å². The van der Waals surface area contributed by atoms with Crippen LogP contribution in [-0.2, 0) is 33.9 Å². The van der Waals surface area contributed by atoms with Gasteiger partial charge in [0.05, 0.1) is 17.9 Å². The van der Waals surface area contributed by atoms with Crippen molar-refractivity contribution in [2.75, 3.05) is 11.3 Å². The molecule has 4 aliphatic rings. The van der Waals surface area contributed by atoms with Crippen LogP contribution in [0.5, 0.6) is 5.75 Å². The Kier molecular flexibility index (Phi) is 4.57. The second-order valence-electron chi connectivity index (χ2n) is 8.75. The number of nitrogens with zero attached hydrogens (tertiary/aromatic N) is 1. The Bertz CT molecular complexity index is 1040. The molecule has 0 aliphatic carbocycles. The molecule has 0 saturated carbocycles. The van der Waals surface area contributed by atoms with E-state index in [0.29, 0.717) is 17.9 Å². The maximum Gasteiger partial charge on any atom is 0.344 e. The number of fused-ring (bicyclic) bond motifs is 2. The van der Waals surface area contributed by atoms with E-state index < -0.39 is 52.5 Å². The fourth-order valence-corrected chi connectivity index (χ4v) is 5.12. The summed E-state index contributed by atoms with van der Waals surface area (Å²) in [5.74, 6) is -1.42. The number of anilines is 1. The van der Waals surface area contributed by atoms with Gasteiger partial charge in [-0.1, -0.05) is 6.07 Å². The molecule has 2 unspecified atom stereocenters. The average molecular weight is 455 g/mol. The van der Waals surface area contributed by atoms with Gasteiger partial charge >= 0.3 is 10.2 Å². The number of benzene rings is 1. The smallest absolute Gasteiger partial charge is 0.344 e. The molecule has 0 spiro atoms. The van der Waals surface area contributed by atoms with E-state index in [2.05, 4.69) is 9.12 Å². The highest BCUT2D eigenvalue weighted by molar-refractivity contribution is 7.91. The van der Waals surface area contributed by atoms with Gasteiger partial charge in [0.1, 0.15) is 18.0 Å². The molecule has 3 N–H and O–H groups in total. The van der Waals surface area contributed by atoms with Crippen LogP contribution in [0.4, 0.5) is 5.69 Å². The van der Waals surface area contributed by atoms with Crippen LogP contribution >= 0.6 is 0 Å². The van der Waals surface area contributed by atoms with E-state index >= 15 is 0 Å². The van der Waals surface area contributed by atoms with Crippen molar-refractivity contribution in [3.8, 4) is 5.75 Å². The molecule has 5 atom stereocenters. The Morgan fingerprint density at radius 1 is 1.13 bits per heavy atom. The molecule has 0 aromatic heterocycles. The minimum atomic E-state index is -3.90. The SMILES string of the molecule is CC1(C)OC[C@H](C2OC3OC(C)(C)O[C@@H]3[C@H]2Oc2cccc3c2C(N)=NS(=O)(=O)N3)O1. The number of amidine groups is 1. The van der Waals surface area contributed by atoms with Crippen LogP contribution in [0.2, 0.25) is 0 Å². The van der Waals surface area contributed by atoms with Crippen molar-refractivity contribution in [2.24, 2.45) is 10.1 Å². The molecule has 3 fully saturated rings. The molecule has 0 amide bonds. The highest BCUT2D eigenvalue weighted by atomic mass is 32.2. The monoisotopic (exact) mass is 455 g/mol. The van der Waals surface area contributed by atoms with E-state index in [1.807, 2.05) is 13.8 Å². The molecule has 11 nitrogen and oxygen atoms in total. The van der Waals surface area contributed by atoms with Crippen LogP contribution < -0.4 is 15.2 Å². The Hall–Kier alpha value is -1.96. The fourth-order valence-electron chi connectivity index (χ4n) is 4.28. The molecule has 3 saturated heterocycles. The van der Waals surface area contributed by atoms with Gasteiger partial charge in [-0.3, -0.25) is 4.72 Å². The molecule has 4 aliphatic heterocycles. The normalized spacial score (nSPS) is 36.9. The molecule has 4 heterocycles. The van der Waals surface area contributed by atoms with Crippen LogP contribution in [0.15, 0.2) is 22.6 Å². The van der Waals surface area contributed by atoms with Crippen molar-refractivity contribution in [1.82, 2.24) is 0 Å². The summed E-state index contributed by atoms with van der Waals surface area (Å²) >= 11 is 0. The highest BCUT2D eigenvalue weighted by Crippen LogP contribution is 2.43. The van der Waals surface area contributed by atoms with Crippen LogP contribution in [-0.4, -0.2) is 63.1 Å². The van der Waals surface area contributed by atoms with Gasteiger partial charge in [0, 0.05) is 0 Å². The molecule has 31 heavy (non-hydrogen) atoms. The van der Waals surface area contributed by atoms with Crippen molar-refractivity contribution in [3.05, 3.63) is 23.8 Å². The van der Waals surface area contributed by atoms with Crippen molar-refractivity contribution >= 4 is 21.7 Å². The third-order valence-corrected chi connectivity index (χ3v) is 6.34. The minimum Gasteiger partial charge on any atom is -0.484 e. The fraction of sp³-hybridized carbons (Fsp3) is 0.632. The molecule has 0 radical (unpaired) electrons. The molecular weight excluding hydrogens is 430 g/mol. The first kappa shape index (κ1) is 20.9. The largest absolute Gasteiger partial charge is 0.484 e. The zero-order valence-electron chi connectivity index (χ0n) is 17.5. The molecule has 12 heteroatoms. The van der Waals surface area contributed by atoms with Crippen molar-refractivity contribution in [3.63, 3.8) is 0 Å². The lowest BCUT2D eigenvalue weighted by Crippen LogP contribution is -2.46. The second-order valence-corrected chi connectivity index (χ2v) is 10.1. The highest BCUT2D eigenvalue weighted by Gasteiger charge is 2.59. The molecule has 1 aromatic rings. The third-order valence-electron chi connectivity index (χ3n) is 5.43. The average Bonchev–Trinajstić information content (AvgIpc) is 3.23. The van der Waals surface area contributed by atoms with Crippen LogP contribution in [0.25, 0.3) is 0 Å². The first-order valence-electron chi connectivity index (χ1n) is 9.94. The molecule has 0 bridgehead atoms. The molecule has 170 valence electrons. The zero-order valence-corrected chi connectivity index (χ0v) is 18.3. The van der Waals surface area contributed by atoms with Gasteiger partial charge in [-0.15, -0.1) is 4.40 Å². The number of rotatable bonds is 3. The maximum atomic E-state index is 11.9. The third kappa shape index (κ3) is 3.77. The summed E-state index contributed by atoms with van der Waals surface area (Å²) in [7, 11) is -3.90. The number of nitrogens with two attached hydrogens (primary N) is 1. The van der Waals surface area contributed by atoms with Crippen molar-refractivity contribution < 1.29 is 36.8 Å². The van der Waals surface area contributed by atoms with E-state index in [1.165, 1.54) is 0 Å². The zero-order chi connectivity index (χ0) is 22.2. The van der Waals surface area contributed by atoms with E-state index in [1.54, 1.807) is 32.0 Å². The van der Waals surface area contributed by atoms with Gasteiger partial charge in [0.2, 0.25) is 0 Å². The van der Waals surface area contributed by atoms with Crippen LogP contribution in [0, 0.1) is 0 Å². The lowest BCUT2D eigenvalue weighted by molar-refractivity contribution is -0.230.